The highest BCUT2D eigenvalue weighted by Crippen LogP contribution is 2.27. The van der Waals surface area contributed by atoms with Crippen LogP contribution >= 0.6 is 0 Å². The molecule has 36 heavy (non-hydrogen) atoms. The Morgan fingerprint density at radius 1 is 1.08 bits per heavy atom. The van der Waals surface area contributed by atoms with E-state index in [0.29, 0.717) is 25.2 Å². The Morgan fingerprint density at radius 2 is 1.83 bits per heavy atom. The molecule has 1 aliphatic heterocycles. The van der Waals surface area contributed by atoms with E-state index in [2.05, 4.69) is 5.32 Å². The number of sulfonamides is 1. The summed E-state index contributed by atoms with van der Waals surface area (Å²) in [5.41, 5.74) is 2.98. The minimum Gasteiger partial charge on any atom is -0.489 e. The Hall–Kier alpha value is -3.43. The van der Waals surface area contributed by atoms with Gasteiger partial charge >= 0.3 is 0 Å². The Morgan fingerprint density at radius 3 is 2.58 bits per heavy atom. The molecule has 0 saturated carbocycles. The number of hydrogen-bond donors (Lipinski definition) is 1. The lowest BCUT2D eigenvalue weighted by molar-refractivity contribution is -0.124. The first kappa shape index (κ1) is 25.7. The molecule has 7 nitrogen and oxygen atoms in total. The summed E-state index contributed by atoms with van der Waals surface area (Å²) in [5, 5.41) is 2.86. The second-order valence-corrected chi connectivity index (χ2v) is 10.8. The summed E-state index contributed by atoms with van der Waals surface area (Å²) >= 11 is 0. The number of benzene rings is 3. The Balaban J connectivity index is 1.38. The van der Waals surface area contributed by atoms with Crippen molar-refractivity contribution in [1.29, 1.82) is 0 Å². The first-order valence-corrected chi connectivity index (χ1v) is 13.2. The molecule has 3 aromatic rings. The van der Waals surface area contributed by atoms with Crippen molar-refractivity contribution in [3.05, 3.63) is 89.7 Å². The Labute approximate surface area is 211 Å². The third kappa shape index (κ3) is 5.85. The van der Waals surface area contributed by atoms with Gasteiger partial charge in [0.05, 0.1) is 4.90 Å². The lowest BCUT2D eigenvalue weighted by Gasteiger charge is -2.23. The second-order valence-electron chi connectivity index (χ2n) is 8.90. The SMILES string of the molecule is CN(C)c1ccccc1COc1cccc(CNC(=O)[C@@H]2CCCN2S(=O)(=O)c2ccc(F)cc2)c1. The van der Waals surface area contributed by atoms with Crippen LogP contribution in [0.5, 0.6) is 5.75 Å². The van der Waals surface area contributed by atoms with E-state index in [1.807, 2.05) is 67.5 Å². The van der Waals surface area contributed by atoms with Crippen LogP contribution in [0.15, 0.2) is 77.7 Å². The summed E-state index contributed by atoms with van der Waals surface area (Å²) in [6.07, 6.45) is 1.01. The zero-order valence-electron chi connectivity index (χ0n) is 20.4. The largest absolute Gasteiger partial charge is 0.489 e. The van der Waals surface area contributed by atoms with Gasteiger partial charge < -0.3 is 15.0 Å². The van der Waals surface area contributed by atoms with E-state index in [4.69, 9.17) is 4.74 Å². The van der Waals surface area contributed by atoms with E-state index in [-0.39, 0.29) is 23.9 Å². The third-order valence-electron chi connectivity index (χ3n) is 6.16. The molecule has 0 aromatic heterocycles. The molecule has 190 valence electrons. The highest BCUT2D eigenvalue weighted by molar-refractivity contribution is 7.89. The number of halogens is 1. The summed E-state index contributed by atoms with van der Waals surface area (Å²) < 4.78 is 46.5. The Kier molecular flexibility index (Phi) is 7.91. The normalized spacial score (nSPS) is 16.0. The van der Waals surface area contributed by atoms with Gasteiger partial charge in [-0.1, -0.05) is 30.3 Å². The fourth-order valence-corrected chi connectivity index (χ4v) is 5.97. The van der Waals surface area contributed by atoms with Crippen molar-refractivity contribution in [2.75, 3.05) is 25.5 Å². The van der Waals surface area contributed by atoms with Gasteiger partial charge in [0.2, 0.25) is 15.9 Å². The van der Waals surface area contributed by atoms with Crippen molar-refractivity contribution in [3.63, 3.8) is 0 Å². The van der Waals surface area contributed by atoms with Crippen LogP contribution in [-0.4, -0.2) is 45.3 Å². The summed E-state index contributed by atoms with van der Waals surface area (Å²) in [7, 11) is 0.0689. The van der Waals surface area contributed by atoms with Gasteiger partial charge in [0.1, 0.15) is 24.2 Å². The monoisotopic (exact) mass is 511 g/mol. The van der Waals surface area contributed by atoms with Crippen LogP contribution in [-0.2, 0) is 28.0 Å². The van der Waals surface area contributed by atoms with Crippen molar-refractivity contribution in [1.82, 2.24) is 9.62 Å². The standard InChI is InChI=1S/C27H30FN3O4S/c1-30(2)25-10-4-3-8-21(25)19-35-23-9-5-7-20(17-23)18-29-27(32)26-11-6-16-31(26)36(33,34)24-14-12-22(28)13-15-24/h3-5,7-10,12-15,17,26H,6,11,16,18-19H2,1-2H3,(H,29,32)/t26-/m0/s1. The van der Waals surface area contributed by atoms with Gasteiger partial charge in [0.25, 0.3) is 0 Å². The van der Waals surface area contributed by atoms with E-state index in [0.717, 1.165) is 28.9 Å². The number of rotatable bonds is 9. The number of para-hydroxylation sites is 1. The molecule has 0 unspecified atom stereocenters. The minimum atomic E-state index is -3.90. The zero-order valence-corrected chi connectivity index (χ0v) is 21.2. The summed E-state index contributed by atoms with van der Waals surface area (Å²) in [5.74, 6) is -0.195. The van der Waals surface area contributed by atoms with Gasteiger partial charge in [-0.15, -0.1) is 0 Å². The number of anilines is 1. The molecular formula is C27H30FN3O4S. The highest BCUT2D eigenvalue weighted by atomic mass is 32.2. The highest BCUT2D eigenvalue weighted by Gasteiger charge is 2.39. The van der Waals surface area contributed by atoms with Gasteiger partial charge in [-0.25, -0.2) is 12.8 Å². The van der Waals surface area contributed by atoms with Gasteiger partial charge in [-0.05, 0) is 60.9 Å². The molecule has 0 bridgehead atoms. The fourth-order valence-electron chi connectivity index (χ4n) is 4.31. The van der Waals surface area contributed by atoms with Crippen molar-refractivity contribution < 1.29 is 22.3 Å². The summed E-state index contributed by atoms with van der Waals surface area (Å²) in [6.45, 7) is 0.892. The van der Waals surface area contributed by atoms with Crippen molar-refractivity contribution in [3.8, 4) is 5.75 Å². The molecule has 4 rings (SSSR count). The molecular weight excluding hydrogens is 481 g/mol. The topological polar surface area (TPSA) is 79.0 Å². The average Bonchev–Trinajstić information content (AvgIpc) is 3.38. The van der Waals surface area contributed by atoms with E-state index < -0.39 is 21.9 Å². The summed E-state index contributed by atoms with van der Waals surface area (Å²) in [4.78, 5) is 15.0. The van der Waals surface area contributed by atoms with Crippen molar-refractivity contribution >= 4 is 21.6 Å². The first-order chi connectivity index (χ1) is 17.3. The Bertz CT molecular complexity index is 1310. The number of carbonyl (C=O) groups excluding carboxylic acids is 1. The molecule has 1 aliphatic rings. The molecule has 9 heteroatoms. The molecule has 1 fully saturated rings. The number of carbonyl (C=O) groups is 1. The predicted octanol–water partition coefficient (Wildman–Crippen LogP) is 3.94. The first-order valence-electron chi connectivity index (χ1n) is 11.8. The maximum atomic E-state index is 13.2. The number of nitrogens with zero attached hydrogens (tertiary/aromatic N) is 2. The van der Waals surface area contributed by atoms with E-state index in [9.17, 15) is 17.6 Å². The lowest BCUT2D eigenvalue weighted by atomic mass is 10.1. The van der Waals surface area contributed by atoms with Crippen LogP contribution in [0.1, 0.15) is 24.0 Å². The molecule has 0 spiro atoms. The molecule has 1 heterocycles. The molecule has 0 aliphatic carbocycles. The quantitative estimate of drug-likeness (QED) is 0.471. The number of hydrogen-bond acceptors (Lipinski definition) is 5. The second kappa shape index (κ2) is 11.1. The van der Waals surface area contributed by atoms with Gasteiger partial charge in [0.15, 0.2) is 0 Å². The number of nitrogens with one attached hydrogen (secondary N) is 1. The van der Waals surface area contributed by atoms with E-state index >= 15 is 0 Å². The molecule has 1 N–H and O–H groups in total. The van der Waals surface area contributed by atoms with Gasteiger partial charge in [-0.2, -0.15) is 4.31 Å². The minimum absolute atomic E-state index is 0.0238. The molecule has 0 radical (unpaired) electrons. The lowest BCUT2D eigenvalue weighted by Crippen LogP contribution is -2.45. The van der Waals surface area contributed by atoms with Gasteiger partial charge in [-0.3, -0.25) is 4.79 Å². The average molecular weight is 512 g/mol. The molecule has 3 aromatic carbocycles. The third-order valence-corrected chi connectivity index (χ3v) is 8.08. The van der Waals surface area contributed by atoms with Crippen LogP contribution in [0.2, 0.25) is 0 Å². The molecule has 1 atom stereocenters. The van der Waals surface area contributed by atoms with E-state index in [1.54, 1.807) is 0 Å². The maximum absolute atomic E-state index is 13.2. The molecule has 1 saturated heterocycles. The van der Waals surface area contributed by atoms with Crippen LogP contribution in [0.25, 0.3) is 0 Å². The molecule has 1 amide bonds. The van der Waals surface area contributed by atoms with Crippen LogP contribution in [0.4, 0.5) is 10.1 Å². The number of amides is 1. The van der Waals surface area contributed by atoms with Crippen LogP contribution < -0.4 is 15.0 Å². The van der Waals surface area contributed by atoms with Crippen LogP contribution in [0.3, 0.4) is 0 Å². The maximum Gasteiger partial charge on any atom is 0.243 e. The van der Waals surface area contributed by atoms with Gasteiger partial charge in [0, 0.05) is 38.4 Å². The number of ether oxygens (including phenoxy) is 1. The van der Waals surface area contributed by atoms with Crippen molar-refractivity contribution in [2.24, 2.45) is 0 Å². The summed E-state index contributed by atoms with van der Waals surface area (Å²) in [6, 6.07) is 19.3. The van der Waals surface area contributed by atoms with E-state index in [1.165, 1.54) is 16.4 Å². The predicted molar refractivity (Wildman–Crippen MR) is 137 cm³/mol. The fraction of sp³-hybridized carbons (Fsp3) is 0.296. The zero-order chi connectivity index (χ0) is 25.7. The smallest absolute Gasteiger partial charge is 0.243 e. The van der Waals surface area contributed by atoms with Crippen LogP contribution in [0, 0.1) is 5.82 Å². The van der Waals surface area contributed by atoms with Crippen molar-refractivity contribution in [2.45, 2.75) is 36.9 Å².